The van der Waals surface area contributed by atoms with Crippen LogP contribution in [0.3, 0.4) is 0 Å². The van der Waals surface area contributed by atoms with Crippen molar-refractivity contribution in [3.63, 3.8) is 0 Å². The standard InChI is InChI=1S/C17H25F2NO/c18-10-1-2-13-21-17-7-5-15(6-8-17)4-3-11-20-12-9-16(19)14-20/h5-8,16H,1-4,9-14H2/t16-/m1/s1. The number of ether oxygens (including phenoxy) is 1. The lowest BCUT2D eigenvalue weighted by Crippen LogP contribution is -2.22. The first-order valence-electron chi connectivity index (χ1n) is 7.92. The highest BCUT2D eigenvalue weighted by molar-refractivity contribution is 5.27. The van der Waals surface area contributed by atoms with Crippen molar-refractivity contribution in [1.29, 1.82) is 0 Å². The number of unbranched alkanes of at least 4 members (excludes halogenated alkanes) is 1. The van der Waals surface area contributed by atoms with Gasteiger partial charge in [0.2, 0.25) is 0 Å². The van der Waals surface area contributed by atoms with Gasteiger partial charge in [0.1, 0.15) is 11.9 Å². The van der Waals surface area contributed by atoms with E-state index in [1.165, 1.54) is 5.56 Å². The molecular formula is C17H25F2NO. The van der Waals surface area contributed by atoms with Crippen molar-refractivity contribution in [2.45, 2.75) is 38.3 Å². The van der Waals surface area contributed by atoms with Gasteiger partial charge in [-0.1, -0.05) is 12.1 Å². The Morgan fingerprint density at radius 2 is 1.95 bits per heavy atom. The van der Waals surface area contributed by atoms with Crippen LogP contribution in [0.15, 0.2) is 24.3 Å². The van der Waals surface area contributed by atoms with Crippen LogP contribution in [0.1, 0.15) is 31.2 Å². The molecule has 1 heterocycles. The Morgan fingerprint density at radius 1 is 1.14 bits per heavy atom. The zero-order valence-corrected chi connectivity index (χ0v) is 12.6. The predicted molar refractivity (Wildman–Crippen MR) is 81.4 cm³/mol. The third-order valence-corrected chi connectivity index (χ3v) is 3.87. The van der Waals surface area contributed by atoms with Gasteiger partial charge in [0.15, 0.2) is 0 Å². The molecule has 0 radical (unpaired) electrons. The van der Waals surface area contributed by atoms with Gasteiger partial charge in [0.05, 0.1) is 13.3 Å². The van der Waals surface area contributed by atoms with Crippen molar-refractivity contribution in [1.82, 2.24) is 4.90 Å². The van der Waals surface area contributed by atoms with Crippen LogP contribution in [0.2, 0.25) is 0 Å². The molecule has 2 rings (SSSR count). The molecule has 0 spiro atoms. The first-order chi connectivity index (χ1) is 10.3. The predicted octanol–water partition coefficient (Wildman–Crippen LogP) is 3.79. The van der Waals surface area contributed by atoms with Crippen molar-refractivity contribution < 1.29 is 13.5 Å². The summed E-state index contributed by atoms with van der Waals surface area (Å²) < 4.78 is 30.5. The van der Waals surface area contributed by atoms with Crippen LogP contribution in [0.25, 0.3) is 0 Å². The Hall–Kier alpha value is -1.16. The maximum atomic E-state index is 13.0. The van der Waals surface area contributed by atoms with Crippen LogP contribution in [-0.4, -0.2) is 44.0 Å². The Kier molecular flexibility index (Phi) is 6.93. The van der Waals surface area contributed by atoms with E-state index in [4.69, 9.17) is 4.74 Å². The third kappa shape index (κ3) is 6.00. The lowest BCUT2D eigenvalue weighted by molar-refractivity contribution is 0.285. The third-order valence-electron chi connectivity index (χ3n) is 3.87. The van der Waals surface area contributed by atoms with Crippen LogP contribution < -0.4 is 4.74 Å². The zero-order valence-electron chi connectivity index (χ0n) is 12.6. The second-order valence-electron chi connectivity index (χ2n) is 5.68. The molecule has 1 fully saturated rings. The number of rotatable bonds is 9. The Balaban J connectivity index is 1.62. The molecule has 0 aliphatic carbocycles. The summed E-state index contributed by atoms with van der Waals surface area (Å²) >= 11 is 0. The number of alkyl halides is 2. The van der Waals surface area contributed by atoms with Gasteiger partial charge < -0.3 is 9.64 Å². The minimum Gasteiger partial charge on any atom is -0.494 e. The van der Waals surface area contributed by atoms with Crippen molar-refractivity contribution in [3.8, 4) is 5.75 Å². The lowest BCUT2D eigenvalue weighted by Gasteiger charge is -2.14. The fourth-order valence-corrected chi connectivity index (χ4v) is 2.63. The molecule has 21 heavy (non-hydrogen) atoms. The average molecular weight is 297 g/mol. The second-order valence-corrected chi connectivity index (χ2v) is 5.68. The molecule has 0 N–H and O–H groups in total. The Labute approximate surface area is 126 Å². The highest BCUT2D eigenvalue weighted by Crippen LogP contribution is 2.16. The molecule has 2 nitrogen and oxygen atoms in total. The summed E-state index contributed by atoms with van der Waals surface area (Å²) in [6.07, 6.45) is 3.45. The molecule has 0 amide bonds. The van der Waals surface area contributed by atoms with Gasteiger partial charge in [-0.05, 0) is 56.3 Å². The molecule has 0 saturated carbocycles. The number of benzene rings is 1. The van der Waals surface area contributed by atoms with Crippen LogP contribution in [0.5, 0.6) is 5.75 Å². The molecule has 0 aromatic heterocycles. The second kappa shape index (κ2) is 8.98. The van der Waals surface area contributed by atoms with Crippen LogP contribution in [0.4, 0.5) is 8.78 Å². The molecule has 1 aliphatic heterocycles. The smallest absolute Gasteiger partial charge is 0.119 e. The first kappa shape index (κ1) is 16.2. The van der Waals surface area contributed by atoms with Gasteiger partial charge >= 0.3 is 0 Å². The molecule has 1 aromatic rings. The normalized spacial score (nSPS) is 19.0. The van der Waals surface area contributed by atoms with E-state index in [9.17, 15) is 8.78 Å². The number of halogens is 2. The highest BCUT2D eigenvalue weighted by Gasteiger charge is 2.20. The first-order valence-corrected chi connectivity index (χ1v) is 7.92. The summed E-state index contributed by atoms with van der Waals surface area (Å²) in [6, 6.07) is 8.09. The maximum Gasteiger partial charge on any atom is 0.119 e. The molecule has 118 valence electrons. The molecule has 1 aliphatic rings. The lowest BCUT2D eigenvalue weighted by atomic mass is 10.1. The summed E-state index contributed by atoms with van der Waals surface area (Å²) in [4.78, 5) is 2.20. The van der Waals surface area contributed by atoms with Crippen LogP contribution in [-0.2, 0) is 6.42 Å². The minimum atomic E-state index is -0.626. The number of nitrogens with zero attached hydrogens (tertiary/aromatic N) is 1. The maximum absolute atomic E-state index is 13.0. The van der Waals surface area contributed by atoms with Gasteiger partial charge in [-0.15, -0.1) is 0 Å². The van der Waals surface area contributed by atoms with Crippen LogP contribution in [0, 0.1) is 0 Å². The molecule has 1 atom stereocenters. The number of hydrogen-bond donors (Lipinski definition) is 0. The van der Waals surface area contributed by atoms with E-state index < -0.39 is 6.17 Å². The number of likely N-dealkylation sites (tertiary alicyclic amines) is 1. The molecular weight excluding hydrogens is 272 g/mol. The molecule has 1 aromatic carbocycles. The summed E-state index contributed by atoms with van der Waals surface area (Å²) in [5.41, 5.74) is 1.28. The fraction of sp³-hybridized carbons (Fsp3) is 0.647. The quantitative estimate of drug-likeness (QED) is 0.643. The fourth-order valence-electron chi connectivity index (χ4n) is 2.63. The minimum absolute atomic E-state index is 0.275. The Bertz CT molecular complexity index is 396. The largest absolute Gasteiger partial charge is 0.494 e. The molecule has 4 heteroatoms. The topological polar surface area (TPSA) is 12.5 Å². The van der Waals surface area contributed by atoms with Gasteiger partial charge in [-0.2, -0.15) is 0 Å². The zero-order chi connectivity index (χ0) is 14.9. The van der Waals surface area contributed by atoms with Crippen molar-refractivity contribution in [2.75, 3.05) is 32.9 Å². The number of aryl methyl sites for hydroxylation is 1. The number of hydrogen-bond acceptors (Lipinski definition) is 2. The molecule has 0 unspecified atom stereocenters. The SMILES string of the molecule is FCCCCOc1ccc(CCCN2CC[C@@H](F)C2)cc1. The van der Waals surface area contributed by atoms with E-state index in [0.29, 0.717) is 26.0 Å². The van der Waals surface area contributed by atoms with Crippen molar-refractivity contribution in [3.05, 3.63) is 29.8 Å². The van der Waals surface area contributed by atoms with E-state index in [0.717, 1.165) is 38.1 Å². The van der Waals surface area contributed by atoms with E-state index in [2.05, 4.69) is 17.0 Å². The van der Waals surface area contributed by atoms with Crippen LogP contribution >= 0.6 is 0 Å². The summed E-state index contributed by atoms with van der Waals surface area (Å²) in [7, 11) is 0. The van der Waals surface area contributed by atoms with Crippen molar-refractivity contribution >= 4 is 0 Å². The van der Waals surface area contributed by atoms with Crippen molar-refractivity contribution in [2.24, 2.45) is 0 Å². The molecule has 0 bridgehead atoms. The summed E-state index contributed by atoms with van der Waals surface area (Å²) in [5.74, 6) is 0.845. The Morgan fingerprint density at radius 3 is 2.62 bits per heavy atom. The van der Waals surface area contributed by atoms with E-state index in [-0.39, 0.29) is 6.67 Å². The van der Waals surface area contributed by atoms with Gasteiger partial charge in [-0.25, -0.2) is 4.39 Å². The summed E-state index contributed by atoms with van der Waals surface area (Å²) in [6.45, 7) is 2.77. The monoisotopic (exact) mass is 297 g/mol. The van der Waals surface area contributed by atoms with Gasteiger partial charge in [0.25, 0.3) is 0 Å². The van der Waals surface area contributed by atoms with Gasteiger partial charge in [-0.3, -0.25) is 4.39 Å². The summed E-state index contributed by atoms with van der Waals surface area (Å²) in [5, 5.41) is 0. The molecule has 1 saturated heterocycles. The highest BCUT2D eigenvalue weighted by atomic mass is 19.1. The van der Waals surface area contributed by atoms with E-state index >= 15 is 0 Å². The van der Waals surface area contributed by atoms with Gasteiger partial charge in [0, 0.05) is 13.1 Å². The van der Waals surface area contributed by atoms with E-state index in [1.807, 2.05) is 12.1 Å². The van der Waals surface area contributed by atoms with E-state index in [1.54, 1.807) is 0 Å². The average Bonchev–Trinajstić information content (AvgIpc) is 2.91.